The number of hydrogen-bond donors (Lipinski definition) is 0. The average molecular weight is 208 g/mol. The molecular weight excluding hydrogens is 196 g/mol. The lowest BCUT2D eigenvalue weighted by Crippen LogP contribution is -2.10. The zero-order chi connectivity index (χ0) is 10.5. The highest BCUT2D eigenvalue weighted by molar-refractivity contribution is 5.89. The first kappa shape index (κ1) is 8.40. The monoisotopic (exact) mass is 208 g/mol. The lowest BCUT2D eigenvalue weighted by Gasteiger charge is -2.08. The van der Waals surface area contributed by atoms with Gasteiger partial charge in [-0.05, 0) is 29.3 Å². The summed E-state index contributed by atoms with van der Waals surface area (Å²) in [7, 11) is 0. The van der Waals surface area contributed by atoms with Gasteiger partial charge < -0.3 is 4.74 Å². The van der Waals surface area contributed by atoms with Crippen LogP contribution in [0.15, 0.2) is 48.6 Å². The number of hydrogen-bond acceptors (Lipinski definition) is 1. The fourth-order valence-corrected chi connectivity index (χ4v) is 2.94. The van der Waals surface area contributed by atoms with Gasteiger partial charge in [-0.15, -0.1) is 0 Å². The maximum atomic E-state index is 5.95. The van der Waals surface area contributed by atoms with E-state index in [1.165, 1.54) is 16.3 Å². The lowest BCUT2D eigenvalue weighted by atomic mass is 9.92. The van der Waals surface area contributed by atoms with E-state index in [9.17, 15) is 0 Å². The van der Waals surface area contributed by atoms with Gasteiger partial charge >= 0.3 is 0 Å². The Morgan fingerprint density at radius 2 is 2.00 bits per heavy atom. The van der Waals surface area contributed by atoms with Crippen LogP contribution in [-0.2, 0) is 0 Å². The van der Waals surface area contributed by atoms with E-state index in [0.717, 1.165) is 12.2 Å². The molecule has 78 valence electrons. The highest BCUT2D eigenvalue weighted by Gasteiger charge is 2.35. The average Bonchev–Trinajstić information content (AvgIpc) is 2.88. The highest BCUT2D eigenvalue weighted by Crippen LogP contribution is 2.47. The fourth-order valence-electron chi connectivity index (χ4n) is 2.94. The summed E-state index contributed by atoms with van der Waals surface area (Å²) in [5.74, 6) is 1.62. The molecule has 0 bridgehead atoms. The molecule has 2 aliphatic rings. The highest BCUT2D eigenvalue weighted by atomic mass is 16.5. The second-order valence-electron chi connectivity index (χ2n) is 4.55. The second kappa shape index (κ2) is 2.88. The SMILES string of the molecule is C1=C[C@H]2Oc3ccc4ccccc4c3[C@H]2C1. The molecule has 2 aromatic rings. The van der Waals surface area contributed by atoms with Crippen molar-refractivity contribution in [2.24, 2.45) is 0 Å². The van der Waals surface area contributed by atoms with E-state index >= 15 is 0 Å². The van der Waals surface area contributed by atoms with Crippen molar-refractivity contribution in [2.75, 3.05) is 0 Å². The Labute approximate surface area is 94.4 Å². The number of benzene rings is 2. The summed E-state index contributed by atoms with van der Waals surface area (Å²) in [6, 6.07) is 12.8. The van der Waals surface area contributed by atoms with E-state index in [0.29, 0.717) is 5.92 Å². The van der Waals surface area contributed by atoms with Crippen molar-refractivity contribution >= 4 is 10.8 Å². The quantitative estimate of drug-likeness (QED) is 0.600. The molecule has 0 saturated heterocycles. The molecule has 0 saturated carbocycles. The molecule has 2 atom stereocenters. The van der Waals surface area contributed by atoms with Crippen molar-refractivity contribution in [1.82, 2.24) is 0 Å². The van der Waals surface area contributed by atoms with Gasteiger partial charge in [0, 0.05) is 11.5 Å². The first-order valence-electron chi connectivity index (χ1n) is 5.78. The minimum absolute atomic E-state index is 0.279. The maximum absolute atomic E-state index is 5.95. The normalized spacial score (nSPS) is 25.5. The number of fused-ring (bicyclic) bond motifs is 5. The van der Waals surface area contributed by atoms with Crippen molar-refractivity contribution in [2.45, 2.75) is 18.4 Å². The predicted octanol–water partition coefficient (Wildman–Crippen LogP) is 3.64. The topological polar surface area (TPSA) is 9.23 Å². The van der Waals surface area contributed by atoms with E-state index in [2.05, 4.69) is 48.6 Å². The van der Waals surface area contributed by atoms with E-state index < -0.39 is 0 Å². The van der Waals surface area contributed by atoms with Crippen molar-refractivity contribution in [3.8, 4) is 5.75 Å². The van der Waals surface area contributed by atoms with Crippen LogP contribution in [0.3, 0.4) is 0 Å². The Morgan fingerprint density at radius 3 is 3.00 bits per heavy atom. The molecule has 0 amide bonds. The zero-order valence-electron chi connectivity index (χ0n) is 8.89. The van der Waals surface area contributed by atoms with E-state index in [4.69, 9.17) is 4.74 Å². The van der Waals surface area contributed by atoms with Crippen LogP contribution in [0.25, 0.3) is 10.8 Å². The molecule has 0 radical (unpaired) electrons. The lowest BCUT2D eigenvalue weighted by molar-refractivity contribution is 0.265. The van der Waals surface area contributed by atoms with Crippen LogP contribution in [0.1, 0.15) is 17.9 Å². The summed E-state index contributed by atoms with van der Waals surface area (Å²) in [6.07, 6.45) is 5.83. The van der Waals surface area contributed by atoms with Crippen LogP contribution >= 0.6 is 0 Å². The Hall–Kier alpha value is -1.76. The Bertz CT molecular complexity index is 597. The third-order valence-corrected chi connectivity index (χ3v) is 3.68. The van der Waals surface area contributed by atoms with Crippen molar-refractivity contribution in [3.05, 3.63) is 54.1 Å². The van der Waals surface area contributed by atoms with Crippen LogP contribution in [0, 0.1) is 0 Å². The zero-order valence-corrected chi connectivity index (χ0v) is 8.89. The first-order chi connectivity index (χ1) is 7.93. The van der Waals surface area contributed by atoms with Gasteiger partial charge in [-0.3, -0.25) is 0 Å². The van der Waals surface area contributed by atoms with E-state index in [1.54, 1.807) is 0 Å². The number of rotatable bonds is 0. The van der Waals surface area contributed by atoms with Gasteiger partial charge in [0.15, 0.2) is 0 Å². The molecule has 0 N–H and O–H groups in total. The summed E-state index contributed by atoms with van der Waals surface area (Å²) in [4.78, 5) is 0. The minimum atomic E-state index is 0.279. The van der Waals surface area contributed by atoms with Gasteiger partial charge in [-0.1, -0.05) is 36.4 Å². The molecule has 0 fully saturated rings. The van der Waals surface area contributed by atoms with Crippen molar-refractivity contribution < 1.29 is 4.74 Å². The summed E-state index contributed by atoms with van der Waals surface area (Å²) in [5.41, 5.74) is 1.41. The predicted molar refractivity (Wildman–Crippen MR) is 64.9 cm³/mol. The van der Waals surface area contributed by atoms with Crippen LogP contribution in [0.4, 0.5) is 0 Å². The molecule has 0 aromatic heterocycles. The van der Waals surface area contributed by atoms with E-state index in [1.807, 2.05) is 0 Å². The molecular formula is C15H12O. The van der Waals surface area contributed by atoms with Crippen LogP contribution in [-0.4, -0.2) is 6.10 Å². The second-order valence-corrected chi connectivity index (χ2v) is 4.55. The Morgan fingerprint density at radius 1 is 1.06 bits per heavy atom. The summed E-state index contributed by atoms with van der Waals surface area (Å²) >= 11 is 0. The minimum Gasteiger partial charge on any atom is -0.485 e. The van der Waals surface area contributed by atoms with Gasteiger partial charge in [0.2, 0.25) is 0 Å². The molecule has 1 heteroatoms. The summed E-state index contributed by atoms with van der Waals surface area (Å²) in [6.45, 7) is 0. The molecule has 4 rings (SSSR count). The molecule has 2 aromatic carbocycles. The van der Waals surface area contributed by atoms with E-state index in [-0.39, 0.29) is 6.10 Å². The molecule has 0 spiro atoms. The van der Waals surface area contributed by atoms with Gasteiger partial charge in [-0.2, -0.15) is 0 Å². The van der Waals surface area contributed by atoms with Gasteiger partial charge in [0.1, 0.15) is 11.9 Å². The van der Waals surface area contributed by atoms with Gasteiger partial charge in [-0.25, -0.2) is 0 Å². The van der Waals surface area contributed by atoms with Crippen LogP contribution in [0.5, 0.6) is 5.75 Å². The smallest absolute Gasteiger partial charge is 0.124 e. The largest absolute Gasteiger partial charge is 0.485 e. The van der Waals surface area contributed by atoms with Crippen LogP contribution < -0.4 is 4.74 Å². The molecule has 1 aliphatic carbocycles. The number of ether oxygens (including phenoxy) is 1. The summed E-state index contributed by atoms with van der Waals surface area (Å²) in [5, 5.41) is 2.67. The fraction of sp³-hybridized carbons (Fsp3) is 0.200. The molecule has 0 unspecified atom stereocenters. The Balaban J connectivity index is 2.05. The molecule has 1 aliphatic heterocycles. The first-order valence-corrected chi connectivity index (χ1v) is 5.78. The van der Waals surface area contributed by atoms with Crippen molar-refractivity contribution in [3.63, 3.8) is 0 Å². The van der Waals surface area contributed by atoms with Gasteiger partial charge in [0.05, 0.1) is 0 Å². The molecule has 16 heavy (non-hydrogen) atoms. The molecule has 1 heterocycles. The third kappa shape index (κ3) is 0.955. The molecule has 1 nitrogen and oxygen atoms in total. The third-order valence-electron chi connectivity index (χ3n) is 3.68. The standard InChI is InChI=1S/C15H12O/c1-2-5-11-10(4-1)8-9-14-15(11)12-6-3-7-13(12)16-14/h1-5,7-9,12-13H,6H2/t12-,13+/m0/s1. The number of allylic oxidation sites excluding steroid dienone is 1. The van der Waals surface area contributed by atoms with Gasteiger partial charge in [0.25, 0.3) is 0 Å². The maximum Gasteiger partial charge on any atom is 0.124 e. The Kier molecular flexibility index (Phi) is 1.51. The van der Waals surface area contributed by atoms with Crippen molar-refractivity contribution in [1.29, 1.82) is 0 Å². The summed E-state index contributed by atoms with van der Waals surface area (Å²) < 4.78 is 5.95. The van der Waals surface area contributed by atoms with Crippen LogP contribution in [0.2, 0.25) is 0 Å².